The molecule has 1 unspecified atom stereocenters. The molecule has 0 saturated carbocycles. The summed E-state index contributed by atoms with van der Waals surface area (Å²) in [6.07, 6.45) is 5.10. The van der Waals surface area contributed by atoms with Crippen LogP contribution in [0.15, 0.2) is 0 Å². The summed E-state index contributed by atoms with van der Waals surface area (Å²) in [5, 5.41) is 12.4. The number of carbonyl (C=O) groups excluding carboxylic acids is 1. The standard InChI is InChI=1S/C19H40NO4PS/c1-16(2)25(23,26)24-12-10-8-7-9-11-20-17(22)13-18(3,4)14-19(5,6)15-21/h16,21H,7-15H2,1-6H3,(H,20,22)(H,23,26). The van der Waals surface area contributed by atoms with E-state index in [0.717, 1.165) is 32.1 Å². The third-order valence-electron chi connectivity index (χ3n) is 4.35. The fourth-order valence-corrected chi connectivity index (χ4v) is 3.98. The first-order valence-electron chi connectivity index (χ1n) is 9.66. The Morgan fingerprint density at radius 2 is 1.69 bits per heavy atom. The number of aliphatic hydroxyl groups excluding tert-OH is 1. The lowest BCUT2D eigenvalue weighted by molar-refractivity contribution is -0.123. The summed E-state index contributed by atoms with van der Waals surface area (Å²) in [6.45, 7) is 10.7. The molecule has 156 valence electrons. The van der Waals surface area contributed by atoms with Gasteiger partial charge >= 0.3 is 0 Å². The first-order valence-corrected chi connectivity index (χ1v) is 12.4. The third kappa shape index (κ3) is 12.4. The number of carbonyl (C=O) groups is 1. The molecule has 0 heterocycles. The predicted octanol–water partition coefficient (Wildman–Crippen LogP) is 4.21. The SMILES string of the molecule is CC(C)P(O)(=S)OCCCCCCNC(=O)CC(C)(C)CC(C)(C)CO. The van der Waals surface area contributed by atoms with E-state index >= 15 is 0 Å². The molecule has 7 heteroatoms. The quantitative estimate of drug-likeness (QED) is 0.296. The molecule has 3 N–H and O–H groups in total. The van der Waals surface area contributed by atoms with Crippen LogP contribution in [0.25, 0.3) is 0 Å². The summed E-state index contributed by atoms with van der Waals surface area (Å²) in [5.74, 6) is 0.0741. The molecule has 0 spiro atoms. The predicted molar refractivity (Wildman–Crippen MR) is 113 cm³/mol. The minimum atomic E-state index is -2.62. The van der Waals surface area contributed by atoms with Gasteiger partial charge in [-0.15, -0.1) is 0 Å². The van der Waals surface area contributed by atoms with Gasteiger partial charge in [-0.05, 0) is 41.9 Å². The highest BCUT2D eigenvalue weighted by Crippen LogP contribution is 2.47. The van der Waals surface area contributed by atoms with E-state index in [4.69, 9.17) is 16.3 Å². The zero-order valence-electron chi connectivity index (χ0n) is 17.5. The fraction of sp³-hybridized carbons (Fsp3) is 0.947. The Balaban J connectivity index is 3.82. The molecular weight excluding hydrogens is 369 g/mol. The average molecular weight is 410 g/mol. The van der Waals surface area contributed by atoms with Crippen LogP contribution >= 0.6 is 6.49 Å². The Kier molecular flexibility index (Phi) is 11.8. The number of amides is 1. The maximum Gasteiger partial charge on any atom is 0.220 e. The highest BCUT2D eigenvalue weighted by atomic mass is 32.5. The van der Waals surface area contributed by atoms with Crippen molar-refractivity contribution in [3.8, 4) is 0 Å². The zero-order valence-corrected chi connectivity index (χ0v) is 19.2. The van der Waals surface area contributed by atoms with Crippen molar-refractivity contribution >= 4 is 24.2 Å². The lowest BCUT2D eigenvalue weighted by Gasteiger charge is -2.33. The summed E-state index contributed by atoms with van der Waals surface area (Å²) in [6, 6.07) is 0. The van der Waals surface area contributed by atoms with Crippen molar-refractivity contribution in [1.82, 2.24) is 5.32 Å². The minimum absolute atomic E-state index is 0.0000775. The number of aliphatic hydroxyl groups is 1. The van der Waals surface area contributed by atoms with Gasteiger partial charge in [-0.25, -0.2) is 0 Å². The minimum Gasteiger partial charge on any atom is -0.396 e. The third-order valence-corrected chi connectivity index (χ3v) is 7.79. The molecule has 5 nitrogen and oxygen atoms in total. The van der Waals surface area contributed by atoms with Crippen molar-refractivity contribution in [3.05, 3.63) is 0 Å². The molecule has 0 rings (SSSR count). The molecule has 1 amide bonds. The topological polar surface area (TPSA) is 78.8 Å². The maximum atomic E-state index is 12.1. The second kappa shape index (κ2) is 11.8. The van der Waals surface area contributed by atoms with E-state index in [1.807, 2.05) is 27.7 Å². The first kappa shape index (κ1) is 26.0. The van der Waals surface area contributed by atoms with Crippen LogP contribution in [0, 0.1) is 10.8 Å². The molecule has 26 heavy (non-hydrogen) atoms. The van der Waals surface area contributed by atoms with E-state index in [9.17, 15) is 14.8 Å². The van der Waals surface area contributed by atoms with E-state index in [2.05, 4.69) is 19.2 Å². The number of rotatable bonds is 14. The van der Waals surface area contributed by atoms with Crippen molar-refractivity contribution in [2.75, 3.05) is 19.8 Å². The average Bonchev–Trinajstić information content (AvgIpc) is 2.48. The highest BCUT2D eigenvalue weighted by Gasteiger charge is 2.30. The molecule has 0 aromatic rings. The summed E-state index contributed by atoms with van der Waals surface area (Å²) in [5.41, 5.74) is -0.297. The zero-order chi connectivity index (χ0) is 20.4. The molecule has 0 saturated heterocycles. The Morgan fingerprint density at radius 1 is 1.12 bits per heavy atom. The van der Waals surface area contributed by atoms with Gasteiger partial charge in [0.05, 0.1) is 6.61 Å². The molecule has 0 aliphatic rings. The van der Waals surface area contributed by atoms with Gasteiger partial charge in [-0.3, -0.25) is 4.79 Å². The second-order valence-electron chi connectivity index (χ2n) is 9.10. The van der Waals surface area contributed by atoms with Crippen LogP contribution in [0.1, 0.15) is 80.1 Å². The van der Waals surface area contributed by atoms with Gasteiger partial charge in [0.25, 0.3) is 0 Å². The number of unbranched alkanes of at least 4 members (excludes halogenated alkanes) is 3. The van der Waals surface area contributed by atoms with Gasteiger partial charge in [0.2, 0.25) is 5.91 Å². The van der Waals surface area contributed by atoms with E-state index in [1.165, 1.54) is 0 Å². The molecule has 0 fully saturated rings. The van der Waals surface area contributed by atoms with E-state index in [-0.39, 0.29) is 29.0 Å². The fourth-order valence-electron chi connectivity index (χ4n) is 3.06. The lowest BCUT2D eigenvalue weighted by atomic mass is 9.73. The normalized spacial score (nSPS) is 15.1. The molecule has 0 bridgehead atoms. The Bertz CT molecular complexity index is 466. The van der Waals surface area contributed by atoms with Crippen LogP contribution in [-0.4, -0.2) is 41.3 Å². The van der Waals surface area contributed by atoms with Crippen molar-refractivity contribution in [2.24, 2.45) is 10.8 Å². The van der Waals surface area contributed by atoms with E-state index in [0.29, 0.717) is 19.6 Å². The molecule has 0 aliphatic heterocycles. The number of nitrogens with one attached hydrogen (secondary N) is 1. The summed E-state index contributed by atoms with van der Waals surface area (Å²) in [4.78, 5) is 22.0. The summed E-state index contributed by atoms with van der Waals surface area (Å²) in [7, 11) is 0. The van der Waals surface area contributed by atoms with Crippen LogP contribution < -0.4 is 5.32 Å². The van der Waals surface area contributed by atoms with Crippen LogP contribution in [-0.2, 0) is 21.1 Å². The van der Waals surface area contributed by atoms with Crippen molar-refractivity contribution in [3.63, 3.8) is 0 Å². The Labute approximate surface area is 165 Å². The molecule has 0 aromatic heterocycles. The molecule has 0 radical (unpaired) electrons. The summed E-state index contributed by atoms with van der Waals surface area (Å²) < 4.78 is 5.43. The van der Waals surface area contributed by atoms with Gasteiger partial charge in [-0.1, -0.05) is 54.4 Å². The van der Waals surface area contributed by atoms with Crippen LogP contribution in [0.3, 0.4) is 0 Å². The van der Waals surface area contributed by atoms with Gasteiger partial charge in [0, 0.05) is 25.2 Å². The van der Waals surface area contributed by atoms with Gasteiger partial charge in [-0.2, -0.15) is 0 Å². The van der Waals surface area contributed by atoms with Gasteiger partial charge in [0.15, 0.2) is 6.49 Å². The van der Waals surface area contributed by atoms with Gasteiger partial charge in [0.1, 0.15) is 0 Å². The highest BCUT2D eigenvalue weighted by molar-refractivity contribution is 8.09. The van der Waals surface area contributed by atoms with E-state index in [1.54, 1.807) is 0 Å². The van der Waals surface area contributed by atoms with Crippen molar-refractivity contribution < 1.29 is 19.3 Å². The molecule has 0 aliphatic carbocycles. The van der Waals surface area contributed by atoms with Gasteiger partial charge < -0.3 is 19.8 Å². The smallest absolute Gasteiger partial charge is 0.220 e. The van der Waals surface area contributed by atoms with Crippen LogP contribution in [0.4, 0.5) is 0 Å². The molecular formula is C19H40NO4PS. The Morgan fingerprint density at radius 3 is 2.23 bits per heavy atom. The summed E-state index contributed by atoms with van der Waals surface area (Å²) >= 11 is 5.08. The Hall–Kier alpha value is -0.0000000000000000763. The molecule has 1 atom stereocenters. The first-order chi connectivity index (χ1) is 11.8. The van der Waals surface area contributed by atoms with Crippen LogP contribution in [0.2, 0.25) is 0 Å². The maximum absolute atomic E-state index is 12.1. The van der Waals surface area contributed by atoms with E-state index < -0.39 is 6.49 Å². The number of hydrogen-bond acceptors (Lipinski definition) is 4. The van der Waals surface area contributed by atoms with Crippen molar-refractivity contribution in [2.45, 2.75) is 85.7 Å². The second-order valence-corrected chi connectivity index (χ2v) is 13.1. The van der Waals surface area contributed by atoms with Crippen LogP contribution in [0.5, 0.6) is 0 Å². The molecule has 0 aromatic carbocycles. The monoisotopic (exact) mass is 409 g/mol. The lowest BCUT2D eigenvalue weighted by Crippen LogP contribution is -2.33. The largest absolute Gasteiger partial charge is 0.396 e. The number of hydrogen-bond donors (Lipinski definition) is 3. The van der Waals surface area contributed by atoms with Crippen molar-refractivity contribution in [1.29, 1.82) is 0 Å².